The van der Waals surface area contributed by atoms with Crippen LogP contribution in [-0.4, -0.2) is 31.5 Å². The first kappa shape index (κ1) is 23.5. The Morgan fingerprint density at radius 3 is 2.40 bits per heavy atom. The zero-order valence-corrected chi connectivity index (χ0v) is 22.3. The summed E-state index contributed by atoms with van der Waals surface area (Å²) in [5.74, 6) is 2.60. The summed E-state index contributed by atoms with van der Waals surface area (Å²) in [6.45, 7) is 2.94. The Balaban J connectivity index is 1.35. The van der Waals surface area contributed by atoms with Crippen LogP contribution in [-0.2, 0) is 10.2 Å². The Morgan fingerprint density at radius 2 is 1.74 bits per heavy atom. The van der Waals surface area contributed by atoms with E-state index < -0.39 is 0 Å². The highest BCUT2D eigenvalue weighted by Crippen LogP contribution is 2.61. The van der Waals surface area contributed by atoms with Gasteiger partial charge in [0.2, 0.25) is 0 Å². The lowest BCUT2D eigenvalue weighted by Gasteiger charge is -2.56. The van der Waals surface area contributed by atoms with Crippen molar-refractivity contribution in [2.75, 3.05) is 6.54 Å². The highest BCUT2D eigenvalue weighted by molar-refractivity contribution is 8.26. The Labute approximate surface area is 218 Å². The van der Waals surface area contributed by atoms with Crippen LogP contribution in [0.15, 0.2) is 41.4 Å². The smallest absolute Gasteiger partial charge is 0.266 e. The first-order chi connectivity index (χ1) is 17.0. The molecule has 7 rings (SSSR count). The summed E-state index contributed by atoms with van der Waals surface area (Å²) in [5, 5.41) is 5.25. The van der Waals surface area contributed by atoms with Gasteiger partial charge in [0.25, 0.3) is 5.91 Å². The van der Waals surface area contributed by atoms with Gasteiger partial charge < -0.3 is 0 Å². The van der Waals surface area contributed by atoms with E-state index in [2.05, 4.69) is 43.5 Å². The quantitative estimate of drug-likeness (QED) is 0.217. The molecule has 5 aliphatic rings. The van der Waals surface area contributed by atoms with Crippen LogP contribution < -0.4 is 0 Å². The van der Waals surface area contributed by atoms with Gasteiger partial charge in [-0.3, -0.25) is 9.69 Å². The van der Waals surface area contributed by atoms with Crippen molar-refractivity contribution in [2.45, 2.75) is 76.5 Å². The van der Waals surface area contributed by atoms with E-state index in [0.29, 0.717) is 4.32 Å². The molecule has 1 aromatic carbocycles. The van der Waals surface area contributed by atoms with Crippen molar-refractivity contribution in [1.29, 1.82) is 0 Å². The van der Waals surface area contributed by atoms with Gasteiger partial charge in [0.05, 0.1) is 16.3 Å². The van der Waals surface area contributed by atoms with Gasteiger partial charge in [-0.2, -0.15) is 5.10 Å². The van der Waals surface area contributed by atoms with Crippen LogP contribution >= 0.6 is 24.0 Å². The number of hydrogen-bond donors (Lipinski definition) is 0. The number of nitrogens with zero attached hydrogens (tertiary/aromatic N) is 3. The van der Waals surface area contributed by atoms with Gasteiger partial charge in [0.1, 0.15) is 4.32 Å². The van der Waals surface area contributed by atoms with Crippen molar-refractivity contribution in [2.24, 2.45) is 17.8 Å². The van der Waals surface area contributed by atoms with Gasteiger partial charge >= 0.3 is 0 Å². The predicted octanol–water partition coefficient (Wildman–Crippen LogP) is 7.12. The molecule has 4 nitrogen and oxygen atoms in total. The van der Waals surface area contributed by atoms with Crippen LogP contribution in [0.25, 0.3) is 11.8 Å². The van der Waals surface area contributed by atoms with E-state index >= 15 is 0 Å². The maximum atomic E-state index is 13.3. The van der Waals surface area contributed by atoms with Crippen molar-refractivity contribution in [3.8, 4) is 5.69 Å². The average Bonchev–Trinajstić information content (AvgIpc) is 3.38. The third kappa shape index (κ3) is 4.42. The van der Waals surface area contributed by atoms with Crippen molar-refractivity contribution < 1.29 is 4.79 Å². The normalized spacial score (nSPS) is 30.7. The molecule has 0 atom stereocenters. The lowest BCUT2D eigenvalue weighted by molar-refractivity contribution is -0.122. The molecule has 2 heterocycles. The molecular weight excluding hydrogens is 470 g/mol. The number of unbranched alkanes of at least 4 members (excludes halogenated alkanes) is 3. The fourth-order valence-corrected chi connectivity index (χ4v) is 8.85. The van der Waals surface area contributed by atoms with Gasteiger partial charge in [0.15, 0.2) is 0 Å². The lowest BCUT2D eigenvalue weighted by Crippen LogP contribution is -2.49. The fraction of sp³-hybridized carbons (Fsp3) is 0.552. The summed E-state index contributed by atoms with van der Waals surface area (Å²) in [5.41, 5.74) is 3.56. The first-order valence-corrected chi connectivity index (χ1v) is 14.7. The zero-order chi connectivity index (χ0) is 24.0. The SMILES string of the molecule is CCCCCCN1C(=O)C(=Cc2cn(-c3ccccc3)nc2C23CC4CC(CC(C4)C2)C3)SC1=S. The average molecular weight is 506 g/mol. The van der Waals surface area contributed by atoms with E-state index in [4.69, 9.17) is 17.3 Å². The van der Waals surface area contributed by atoms with E-state index in [1.54, 1.807) is 0 Å². The van der Waals surface area contributed by atoms with Crippen molar-refractivity contribution in [3.05, 3.63) is 52.7 Å². The number of para-hydroxylation sites is 1. The highest BCUT2D eigenvalue weighted by atomic mass is 32.2. The third-order valence-electron chi connectivity index (χ3n) is 8.70. The maximum Gasteiger partial charge on any atom is 0.266 e. The second-order valence-corrected chi connectivity index (χ2v) is 13.0. The molecule has 1 aliphatic heterocycles. The molecular formula is C29H35N3OS2. The summed E-state index contributed by atoms with van der Waals surface area (Å²) in [7, 11) is 0. The number of benzene rings is 1. The van der Waals surface area contributed by atoms with E-state index in [1.165, 1.54) is 68.8 Å². The van der Waals surface area contributed by atoms with E-state index in [1.807, 2.05) is 15.6 Å². The van der Waals surface area contributed by atoms with Gasteiger partial charge in [-0.15, -0.1) is 0 Å². The summed E-state index contributed by atoms with van der Waals surface area (Å²) in [4.78, 5) is 15.9. The Kier molecular flexibility index (Phi) is 6.38. The van der Waals surface area contributed by atoms with E-state index in [-0.39, 0.29) is 11.3 Å². The van der Waals surface area contributed by atoms with Crippen LogP contribution in [0.3, 0.4) is 0 Å². The van der Waals surface area contributed by atoms with Crippen LogP contribution in [0.1, 0.15) is 82.4 Å². The predicted molar refractivity (Wildman–Crippen MR) is 147 cm³/mol. The van der Waals surface area contributed by atoms with Gasteiger partial charge in [-0.05, 0) is 80.9 Å². The summed E-state index contributed by atoms with van der Waals surface area (Å²) >= 11 is 7.09. The molecule has 0 N–H and O–H groups in total. The second-order valence-electron chi connectivity index (χ2n) is 11.3. The van der Waals surface area contributed by atoms with Crippen molar-refractivity contribution >= 4 is 40.3 Å². The van der Waals surface area contributed by atoms with Gasteiger partial charge in [0, 0.05) is 23.7 Å². The number of amides is 1. The maximum absolute atomic E-state index is 13.3. The standard InChI is InChI=1S/C29H35N3OS2/c1-2-3-4-8-11-31-27(33)25(35-28(31)34)15-23-19-32(24-9-6-5-7-10-24)30-26(23)29-16-20-12-21(17-29)14-22(13-20)18-29/h5-7,9-10,15,19-22H,2-4,8,11-14,16-18H2,1H3. The molecule has 0 unspecified atom stereocenters. The molecule has 4 saturated carbocycles. The number of thioether (sulfide) groups is 1. The molecule has 35 heavy (non-hydrogen) atoms. The molecule has 5 fully saturated rings. The van der Waals surface area contributed by atoms with Crippen LogP contribution in [0, 0.1) is 17.8 Å². The number of carbonyl (C=O) groups is 1. The number of thiocarbonyl (C=S) groups is 1. The minimum absolute atomic E-state index is 0.0698. The molecule has 1 aromatic heterocycles. The van der Waals surface area contributed by atoms with Crippen LogP contribution in [0.5, 0.6) is 0 Å². The van der Waals surface area contributed by atoms with Crippen LogP contribution in [0.4, 0.5) is 0 Å². The molecule has 1 amide bonds. The zero-order valence-electron chi connectivity index (χ0n) is 20.6. The molecule has 1 saturated heterocycles. The second kappa shape index (κ2) is 9.51. The minimum Gasteiger partial charge on any atom is -0.293 e. The Hall–Kier alpha value is -1.92. The largest absolute Gasteiger partial charge is 0.293 e. The third-order valence-corrected chi connectivity index (χ3v) is 10.1. The summed E-state index contributed by atoms with van der Waals surface area (Å²) in [6, 6.07) is 10.4. The Bertz CT molecular complexity index is 1120. The molecule has 0 spiro atoms. The topological polar surface area (TPSA) is 38.1 Å². The number of aromatic nitrogens is 2. The van der Waals surface area contributed by atoms with Crippen molar-refractivity contribution in [3.63, 3.8) is 0 Å². The van der Waals surface area contributed by atoms with E-state index in [9.17, 15) is 4.79 Å². The van der Waals surface area contributed by atoms with Crippen LogP contribution in [0.2, 0.25) is 0 Å². The van der Waals surface area contributed by atoms with Gasteiger partial charge in [-0.25, -0.2) is 4.68 Å². The summed E-state index contributed by atoms with van der Waals surface area (Å²) in [6.07, 6.45) is 16.8. The molecule has 4 bridgehead atoms. The monoisotopic (exact) mass is 505 g/mol. The number of rotatable bonds is 8. The molecule has 0 radical (unpaired) electrons. The minimum atomic E-state index is 0.0698. The Morgan fingerprint density at radius 1 is 1.06 bits per heavy atom. The number of hydrogen-bond acceptors (Lipinski definition) is 4. The fourth-order valence-electron chi connectivity index (χ4n) is 7.55. The molecule has 4 aliphatic carbocycles. The molecule has 6 heteroatoms. The van der Waals surface area contributed by atoms with Crippen molar-refractivity contribution in [1.82, 2.24) is 14.7 Å². The van der Waals surface area contributed by atoms with Gasteiger partial charge in [-0.1, -0.05) is 68.4 Å². The van der Waals surface area contributed by atoms with E-state index in [0.717, 1.165) is 53.3 Å². The highest BCUT2D eigenvalue weighted by Gasteiger charge is 2.53. The number of carbonyl (C=O) groups excluding carboxylic acids is 1. The summed E-state index contributed by atoms with van der Waals surface area (Å²) < 4.78 is 2.73. The lowest BCUT2D eigenvalue weighted by atomic mass is 9.48. The molecule has 184 valence electrons. The molecule has 2 aromatic rings. The first-order valence-electron chi connectivity index (χ1n) is 13.5.